The monoisotopic (exact) mass is 366 g/mol. The Kier molecular flexibility index (Phi) is 5.15. The largest absolute Gasteiger partial charge is 0.384 e. The molecule has 3 rings (SSSR count). The first-order valence-electron chi connectivity index (χ1n) is 8.17. The van der Waals surface area contributed by atoms with Gasteiger partial charge in [-0.25, -0.2) is 13.8 Å². The van der Waals surface area contributed by atoms with Crippen molar-refractivity contribution in [2.24, 2.45) is 0 Å². The number of rotatable bonds is 4. The lowest BCUT2D eigenvalue weighted by Crippen LogP contribution is -2.50. The number of hydrogen-bond donors (Lipinski definition) is 1. The highest BCUT2D eigenvalue weighted by molar-refractivity contribution is 7.09. The van der Waals surface area contributed by atoms with Crippen LogP contribution in [0.3, 0.4) is 0 Å². The number of carbonyl (C=O) groups is 1. The maximum absolute atomic E-state index is 12.8. The summed E-state index contributed by atoms with van der Waals surface area (Å²) in [7, 11) is 0. The van der Waals surface area contributed by atoms with Gasteiger partial charge in [0.25, 0.3) is 12.3 Å². The number of benzene rings is 1. The van der Waals surface area contributed by atoms with E-state index in [1.165, 1.54) is 21.8 Å². The molecule has 0 bridgehead atoms. The lowest BCUT2D eigenvalue weighted by Gasteiger charge is -2.37. The Hall–Kier alpha value is -1.86. The molecule has 1 aliphatic rings. The minimum atomic E-state index is -2.79. The third-order valence-corrected chi connectivity index (χ3v) is 5.42. The molecule has 4 nitrogen and oxygen atoms in total. The van der Waals surface area contributed by atoms with E-state index >= 15 is 0 Å². The second kappa shape index (κ2) is 7.17. The van der Waals surface area contributed by atoms with Crippen LogP contribution < -0.4 is 0 Å². The van der Waals surface area contributed by atoms with Gasteiger partial charge in [0.2, 0.25) is 0 Å². The number of likely N-dealkylation sites (tertiary alicyclic amines) is 1. The number of amides is 1. The molecule has 25 heavy (non-hydrogen) atoms. The van der Waals surface area contributed by atoms with Gasteiger partial charge in [0.15, 0.2) is 0 Å². The predicted octanol–water partition coefficient (Wildman–Crippen LogP) is 3.27. The fourth-order valence-corrected chi connectivity index (χ4v) is 3.65. The summed E-state index contributed by atoms with van der Waals surface area (Å²) in [5.74, 6) is -0.261. The van der Waals surface area contributed by atoms with E-state index in [9.17, 15) is 18.7 Å². The van der Waals surface area contributed by atoms with Gasteiger partial charge in [-0.1, -0.05) is 29.8 Å². The Morgan fingerprint density at radius 1 is 1.32 bits per heavy atom. The zero-order chi connectivity index (χ0) is 18.0. The van der Waals surface area contributed by atoms with E-state index in [2.05, 4.69) is 4.98 Å². The summed E-state index contributed by atoms with van der Waals surface area (Å²) in [6.45, 7) is 2.26. The van der Waals surface area contributed by atoms with Crippen LogP contribution >= 0.6 is 11.3 Å². The van der Waals surface area contributed by atoms with Gasteiger partial charge in [0, 0.05) is 24.9 Å². The second-order valence-corrected chi connectivity index (χ2v) is 7.43. The molecule has 0 saturated carbocycles. The van der Waals surface area contributed by atoms with E-state index in [0.717, 1.165) is 10.6 Å². The molecule has 0 atom stereocenters. The van der Waals surface area contributed by atoms with E-state index in [-0.39, 0.29) is 31.8 Å². The normalized spacial score (nSPS) is 17.1. The lowest BCUT2D eigenvalue weighted by molar-refractivity contribution is -0.122. The number of aliphatic hydroxyl groups is 1. The van der Waals surface area contributed by atoms with Crippen LogP contribution in [-0.4, -0.2) is 46.0 Å². The first-order valence-corrected chi connectivity index (χ1v) is 9.05. The van der Waals surface area contributed by atoms with E-state index in [1.54, 1.807) is 5.38 Å². The first kappa shape index (κ1) is 17.9. The van der Waals surface area contributed by atoms with Crippen molar-refractivity contribution in [1.82, 2.24) is 9.88 Å². The van der Waals surface area contributed by atoms with Crippen molar-refractivity contribution in [1.29, 1.82) is 0 Å². The van der Waals surface area contributed by atoms with Crippen LogP contribution in [0, 0.1) is 6.92 Å². The fourth-order valence-electron chi connectivity index (χ4n) is 2.85. The molecule has 7 heteroatoms. The Bertz CT molecular complexity index is 738. The number of nitrogens with zero attached hydrogens (tertiary/aromatic N) is 2. The standard InChI is InChI=1S/C18H20F2N2O2S/c1-12-2-4-13(5-3-12)10-15-21-14(11-25-15)16(23)22-8-6-18(24,7-9-22)17(19)20/h2-5,11,17,24H,6-10H2,1H3. The highest BCUT2D eigenvalue weighted by atomic mass is 32.1. The fraction of sp³-hybridized carbons (Fsp3) is 0.444. The van der Waals surface area contributed by atoms with Gasteiger partial charge in [0.1, 0.15) is 11.3 Å². The van der Waals surface area contributed by atoms with Crippen molar-refractivity contribution in [3.8, 4) is 0 Å². The van der Waals surface area contributed by atoms with Crippen molar-refractivity contribution >= 4 is 17.2 Å². The van der Waals surface area contributed by atoms with Gasteiger partial charge in [0.05, 0.1) is 5.01 Å². The summed E-state index contributed by atoms with van der Waals surface area (Å²) in [6.07, 6.45) is -2.36. The molecular formula is C18H20F2N2O2S. The van der Waals surface area contributed by atoms with E-state index < -0.39 is 12.0 Å². The van der Waals surface area contributed by atoms with E-state index in [1.807, 2.05) is 31.2 Å². The van der Waals surface area contributed by atoms with Crippen molar-refractivity contribution in [3.05, 3.63) is 51.5 Å². The third-order valence-electron chi connectivity index (χ3n) is 4.57. The molecule has 2 aromatic rings. The van der Waals surface area contributed by atoms with Gasteiger partial charge >= 0.3 is 0 Å². The SMILES string of the molecule is Cc1ccc(Cc2nc(C(=O)N3CCC(O)(C(F)F)CC3)cs2)cc1. The minimum absolute atomic E-state index is 0.114. The number of alkyl halides is 2. The molecule has 1 aliphatic heterocycles. The molecule has 0 unspecified atom stereocenters. The Balaban J connectivity index is 1.62. The Labute approximate surface area is 149 Å². The average Bonchev–Trinajstić information content (AvgIpc) is 3.05. The van der Waals surface area contributed by atoms with Crippen LogP contribution in [0.15, 0.2) is 29.6 Å². The Morgan fingerprint density at radius 2 is 1.96 bits per heavy atom. The highest BCUT2D eigenvalue weighted by Gasteiger charge is 2.41. The number of hydrogen-bond acceptors (Lipinski definition) is 4. The number of carbonyl (C=O) groups excluding carboxylic acids is 1. The van der Waals surface area contributed by atoms with E-state index in [0.29, 0.717) is 12.1 Å². The van der Waals surface area contributed by atoms with Gasteiger partial charge in [-0.2, -0.15) is 0 Å². The van der Waals surface area contributed by atoms with Gasteiger partial charge < -0.3 is 10.0 Å². The van der Waals surface area contributed by atoms with Crippen LogP contribution in [-0.2, 0) is 6.42 Å². The summed E-state index contributed by atoms with van der Waals surface area (Å²) in [4.78, 5) is 18.4. The molecule has 1 fully saturated rings. The molecular weight excluding hydrogens is 346 g/mol. The summed E-state index contributed by atoms with van der Waals surface area (Å²) in [6, 6.07) is 8.14. The van der Waals surface area contributed by atoms with Crippen LogP contribution in [0.1, 0.15) is 39.5 Å². The molecule has 1 saturated heterocycles. The topological polar surface area (TPSA) is 53.4 Å². The second-order valence-electron chi connectivity index (χ2n) is 6.49. The maximum Gasteiger partial charge on any atom is 0.273 e. The Morgan fingerprint density at radius 3 is 2.56 bits per heavy atom. The number of aryl methyl sites for hydroxylation is 1. The predicted molar refractivity (Wildman–Crippen MR) is 92.2 cm³/mol. The highest BCUT2D eigenvalue weighted by Crippen LogP contribution is 2.29. The summed E-state index contributed by atoms with van der Waals surface area (Å²) < 4.78 is 25.7. The van der Waals surface area contributed by atoms with Gasteiger partial charge in [-0.15, -0.1) is 11.3 Å². The molecule has 1 aromatic carbocycles. The minimum Gasteiger partial charge on any atom is -0.384 e. The zero-order valence-electron chi connectivity index (χ0n) is 13.9. The average molecular weight is 366 g/mol. The van der Waals surface area contributed by atoms with Crippen molar-refractivity contribution in [3.63, 3.8) is 0 Å². The van der Waals surface area contributed by atoms with Gasteiger partial charge in [-0.3, -0.25) is 4.79 Å². The van der Waals surface area contributed by atoms with E-state index in [4.69, 9.17) is 0 Å². The van der Waals surface area contributed by atoms with Gasteiger partial charge in [-0.05, 0) is 25.3 Å². The number of thiazole rings is 1. The number of piperidine rings is 1. The lowest BCUT2D eigenvalue weighted by atomic mass is 9.92. The molecule has 0 spiro atoms. The molecule has 1 amide bonds. The first-order chi connectivity index (χ1) is 11.9. The van der Waals surface area contributed by atoms with Crippen LogP contribution in [0.2, 0.25) is 0 Å². The van der Waals surface area contributed by atoms with Crippen molar-refractivity contribution in [2.45, 2.75) is 38.2 Å². The van der Waals surface area contributed by atoms with Crippen LogP contribution in [0.25, 0.3) is 0 Å². The smallest absolute Gasteiger partial charge is 0.273 e. The molecule has 1 aromatic heterocycles. The van der Waals surface area contributed by atoms with Crippen molar-refractivity contribution < 1.29 is 18.7 Å². The van der Waals surface area contributed by atoms with Crippen LogP contribution in [0.5, 0.6) is 0 Å². The molecule has 1 N–H and O–H groups in total. The van der Waals surface area contributed by atoms with Crippen LogP contribution in [0.4, 0.5) is 8.78 Å². The quantitative estimate of drug-likeness (QED) is 0.904. The maximum atomic E-state index is 12.8. The summed E-state index contributed by atoms with van der Waals surface area (Å²) in [5.41, 5.74) is 0.677. The molecule has 0 aliphatic carbocycles. The third kappa shape index (κ3) is 4.04. The zero-order valence-corrected chi connectivity index (χ0v) is 14.7. The number of aromatic nitrogens is 1. The van der Waals surface area contributed by atoms with Crippen molar-refractivity contribution in [2.75, 3.05) is 13.1 Å². The molecule has 134 valence electrons. The number of halogens is 2. The summed E-state index contributed by atoms with van der Waals surface area (Å²) in [5, 5.41) is 12.4. The molecule has 2 heterocycles. The molecule has 0 radical (unpaired) electrons. The summed E-state index contributed by atoms with van der Waals surface area (Å²) >= 11 is 1.42.